The number of nitrogens with one attached hydrogen (secondary N) is 2. The predicted octanol–water partition coefficient (Wildman–Crippen LogP) is 2.86. The molecule has 3 unspecified atom stereocenters. The summed E-state index contributed by atoms with van der Waals surface area (Å²) in [5, 5.41) is 6.57. The molecule has 0 aromatic heterocycles. The first-order chi connectivity index (χ1) is 9.15. The van der Waals surface area contributed by atoms with Gasteiger partial charge in [0.25, 0.3) is 0 Å². The molecule has 1 heterocycles. The number of benzene rings is 1. The van der Waals surface area contributed by atoms with Crippen molar-refractivity contribution in [1.82, 2.24) is 10.6 Å². The zero-order valence-corrected chi connectivity index (χ0v) is 13.1. The Kier molecular flexibility index (Phi) is 7.03. The Balaban J connectivity index is 0.00000200. The second-order valence-corrected chi connectivity index (χ2v) is 5.66. The van der Waals surface area contributed by atoms with Gasteiger partial charge in [-0.15, -0.1) is 12.4 Å². The predicted molar refractivity (Wildman–Crippen MR) is 85.4 cm³/mol. The van der Waals surface area contributed by atoms with Crippen LogP contribution in [0.15, 0.2) is 30.3 Å². The van der Waals surface area contributed by atoms with Crippen LogP contribution < -0.4 is 10.6 Å². The minimum Gasteiger partial charge on any atom is -0.353 e. The Hall–Kier alpha value is -1.06. The number of hydrogen-bond acceptors (Lipinski definition) is 2. The maximum atomic E-state index is 12.1. The topological polar surface area (TPSA) is 41.1 Å². The van der Waals surface area contributed by atoms with Gasteiger partial charge in [0.05, 0.1) is 0 Å². The summed E-state index contributed by atoms with van der Waals surface area (Å²) in [6.45, 7) is 5.28. The number of halogens is 1. The van der Waals surface area contributed by atoms with Gasteiger partial charge in [-0.2, -0.15) is 0 Å². The molecule has 0 bridgehead atoms. The lowest BCUT2D eigenvalue weighted by molar-refractivity contribution is -0.122. The van der Waals surface area contributed by atoms with E-state index in [9.17, 15) is 4.79 Å². The van der Waals surface area contributed by atoms with Gasteiger partial charge in [-0.3, -0.25) is 4.79 Å². The minimum absolute atomic E-state index is 0. The van der Waals surface area contributed by atoms with Crippen molar-refractivity contribution in [2.75, 3.05) is 6.54 Å². The van der Waals surface area contributed by atoms with Crippen molar-refractivity contribution in [1.29, 1.82) is 0 Å². The normalized spacial score (nSPS) is 23.5. The summed E-state index contributed by atoms with van der Waals surface area (Å²) in [6, 6.07) is 11.1. The monoisotopic (exact) mass is 296 g/mol. The van der Waals surface area contributed by atoms with E-state index in [1.807, 2.05) is 18.2 Å². The fraction of sp³-hybridized carbons (Fsp3) is 0.562. The molecule has 1 aliphatic rings. The van der Waals surface area contributed by atoms with Gasteiger partial charge < -0.3 is 10.6 Å². The molecule has 4 heteroatoms. The maximum absolute atomic E-state index is 12.1. The van der Waals surface area contributed by atoms with Crippen LogP contribution >= 0.6 is 12.4 Å². The fourth-order valence-electron chi connectivity index (χ4n) is 2.73. The molecule has 112 valence electrons. The van der Waals surface area contributed by atoms with E-state index in [1.165, 1.54) is 5.56 Å². The van der Waals surface area contributed by atoms with Crippen molar-refractivity contribution in [3.05, 3.63) is 35.9 Å². The second kappa shape index (κ2) is 8.28. The molecule has 0 radical (unpaired) electrons. The van der Waals surface area contributed by atoms with E-state index < -0.39 is 0 Å². The first kappa shape index (κ1) is 17.0. The van der Waals surface area contributed by atoms with Crippen LogP contribution in [0.3, 0.4) is 0 Å². The molecule has 0 aliphatic carbocycles. The van der Waals surface area contributed by atoms with E-state index in [1.54, 1.807) is 0 Å². The zero-order chi connectivity index (χ0) is 13.7. The van der Waals surface area contributed by atoms with Crippen molar-refractivity contribution < 1.29 is 4.79 Å². The molecule has 0 saturated carbocycles. The lowest BCUT2D eigenvalue weighted by Gasteiger charge is -2.29. The minimum atomic E-state index is 0. The smallest absolute Gasteiger partial charge is 0.220 e. The van der Waals surface area contributed by atoms with Gasteiger partial charge >= 0.3 is 0 Å². The molecule has 1 fully saturated rings. The molecule has 1 aromatic rings. The van der Waals surface area contributed by atoms with E-state index in [0.717, 1.165) is 19.4 Å². The number of carbonyl (C=O) groups excluding carboxylic acids is 1. The number of rotatable bonds is 4. The van der Waals surface area contributed by atoms with Crippen LogP contribution in [-0.2, 0) is 4.79 Å². The van der Waals surface area contributed by atoms with Crippen LogP contribution in [0.25, 0.3) is 0 Å². The quantitative estimate of drug-likeness (QED) is 0.897. The lowest BCUT2D eigenvalue weighted by Crippen LogP contribution is -2.46. The molecule has 1 aliphatic heterocycles. The summed E-state index contributed by atoms with van der Waals surface area (Å²) in [6.07, 6.45) is 2.64. The van der Waals surface area contributed by atoms with E-state index in [2.05, 4.69) is 36.6 Å². The second-order valence-electron chi connectivity index (χ2n) is 5.66. The number of amides is 1. The molecule has 20 heavy (non-hydrogen) atoms. The molecular formula is C16H25ClN2O. The Morgan fingerprint density at radius 2 is 2.10 bits per heavy atom. The molecule has 1 aromatic carbocycles. The lowest BCUT2D eigenvalue weighted by atomic mass is 9.96. The van der Waals surface area contributed by atoms with Crippen LogP contribution in [0.5, 0.6) is 0 Å². The molecule has 2 N–H and O–H groups in total. The van der Waals surface area contributed by atoms with Crippen molar-refractivity contribution in [3.8, 4) is 0 Å². The highest BCUT2D eigenvalue weighted by Gasteiger charge is 2.20. The van der Waals surface area contributed by atoms with E-state index in [4.69, 9.17) is 0 Å². The number of carbonyl (C=O) groups is 1. The van der Waals surface area contributed by atoms with Crippen LogP contribution in [0.2, 0.25) is 0 Å². The standard InChI is InChI=1S/C16H24N2O.ClH/c1-12(14-6-4-3-5-7-14)10-16(19)18-15-8-9-17-13(2)11-15;/h3-7,12-13,15,17H,8-11H2,1-2H3,(H,18,19);1H. The van der Waals surface area contributed by atoms with Crippen molar-refractivity contribution >= 4 is 18.3 Å². The van der Waals surface area contributed by atoms with Gasteiger partial charge in [-0.25, -0.2) is 0 Å². The zero-order valence-electron chi connectivity index (χ0n) is 12.3. The first-order valence-corrected chi connectivity index (χ1v) is 7.23. The van der Waals surface area contributed by atoms with Gasteiger partial charge in [0.2, 0.25) is 5.91 Å². The molecule has 3 nitrogen and oxygen atoms in total. The van der Waals surface area contributed by atoms with Gasteiger partial charge in [0.15, 0.2) is 0 Å². The molecule has 3 atom stereocenters. The van der Waals surface area contributed by atoms with Crippen LogP contribution in [0.4, 0.5) is 0 Å². The highest BCUT2D eigenvalue weighted by Crippen LogP contribution is 2.18. The Morgan fingerprint density at radius 3 is 2.75 bits per heavy atom. The summed E-state index contributed by atoms with van der Waals surface area (Å²) in [5.74, 6) is 0.454. The average Bonchev–Trinajstić information content (AvgIpc) is 2.39. The Labute approximate surface area is 127 Å². The summed E-state index contributed by atoms with van der Waals surface area (Å²) in [5.41, 5.74) is 1.23. The fourth-order valence-corrected chi connectivity index (χ4v) is 2.73. The summed E-state index contributed by atoms with van der Waals surface area (Å²) in [4.78, 5) is 12.1. The SMILES string of the molecule is CC1CC(NC(=O)CC(C)c2ccccc2)CCN1.Cl. The van der Waals surface area contributed by atoms with Crippen LogP contribution in [0, 0.1) is 0 Å². The van der Waals surface area contributed by atoms with Gasteiger partial charge in [-0.1, -0.05) is 37.3 Å². The molecule has 1 saturated heterocycles. The third-order valence-electron chi connectivity index (χ3n) is 3.85. The Morgan fingerprint density at radius 1 is 1.40 bits per heavy atom. The van der Waals surface area contributed by atoms with Gasteiger partial charge in [-0.05, 0) is 37.8 Å². The van der Waals surface area contributed by atoms with Gasteiger partial charge in [0, 0.05) is 18.5 Å². The third kappa shape index (κ3) is 5.14. The third-order valence-corrected chi connectivity index (χ3v) is 3.85. The van der Waals surface area contributed by atoms with Crippen LogP contribution in [0.1, 0.15) is 44.6 Å². The van der Waals surface area contributed by atoms with E-state index >= 15 is 0 Å². The molecule has 0 spiro atoms. The molecule has 1 amide bonds. The highest BCUT2D eigenvalue weighted by molar-refractivity contribution is 5.85. The van der Waals surface area contributed by atoms with Crippen LogP contribution in [-0.4, -0.2) is 24.5 Å². The number of hydrogen-bond donors (Lipinski definition) is 2. The first-order valence-electron chi connectivity index (χ1n) is 7.23. The van der Waals surface area contributed by atoms with Crippen molar-refractivity contribution in [3.63, 3.8) is 0 Å². The highest BCUT2D eigenvalue weighted by atomic mass is 35.5. The molecular weight excluding hydrogens is 272 g/mol. The summed E-state index contributed by atoms with van der Waals surface area (Å²) >= 11 is 0. The summed E-state index contributed by atoms with van der Waals surface area (Å²) < 4.78 is 0. The molecule has 2 rings (SSSR count). The maximum Gasteiger partial charge on any atom is 0.220 e. The summed E-state index contributed by atoms with van der Waals surface area (Å²) in [7, 11) is 0. The van der Waals surface area contributed by atoms with Crippen molar-refractivity contribution in [2.24, 2.45) is 0 Å². The van der Waals surface area contributed by atoms with E-state index in [-0.39, 0.29) is 24.2 Å². The average molecular weight is 297 g/mol. The van der Waals surface area contributed by atoms with Crippen molar-refractivity contribution in [2.45, 2.75) is 51.1 Å². The van der Waals surface area contributed by atoms with Gasteiger partial charge in [0.1, 0.15) is 0 Å². The Bertz CT molecular complexity index is 410. The number of piperidine rings is 1. The largest absolute Gasteiger partial charge is 0.353 e. The van der Waals surface area contributed by atoms with E-state index in [0.29, 0.717) is 18.5 Å².